The minimum absolute atomic E-state index is 0.321. The van der Waals surface area contributed by atoms with Crippen molar-refractivity contribution in [2.24, 2.45) is 0 Å². The molecule has 0 aliphatic rings. The van der Waals surface area contributed by atoms with Gasteiger partial charge in [0.2, 0.25) is 0 Å². The Morgan fingerprint density at radius 2 is 2.19 bits per heavy atom. The zero-order valence-electron chi connectivity index (χ0n) is 9.05. The summed E-state index contributed by atoms with van der Waals surface area (Å²) < 4.78 is 4.92. The van der Waals surface area contributed by atoms with Gasteiger partial charge in [0.25, 0.3) is 0 Å². The molecule has 1 atom stereocenters. The average molecular weight is 235 g/mol. The highest BCUT2D eigenvalue weighted by molar-refractivity contribution is 8.04. The van der Waals surface area contributed by atoms with Gasteiger partial charge in [0.15, 0.2) is 0 Å². The number of nitrogens with zero attached hydrogens (tertiary/aromatic N) is 1. The number of esters is 1. The number of hydrogen-bond acceptors (Lipinski definition) is 4. The van der Waals surface area contributed by atoms with Crippen molar-refractivity contribution in [1.82, 2.24) is 0 Å². The number of benzene rings is 1. The largest absolute Gasteiger partial charge is 0.465 e. The maximum atomic E-state index is 11.5. The van der Waals surface area contributed by atoms with Crippen LogP contribution in [0.15, 0.2) is 30.3 Å². The molecule has 16 heavy (non-hydrogen) atoms. The molecule has 0 aromatic heterocycles. The molecule has 0 saturated heterocycles. The third kappa shape index (κ3) is 3.95. The zero-order chi connectivity index (χ0) is 11.8. The van der Waals surface area contributed by atoms with E-state index in [1.807, 2.05) is 35.7 Å². The molecule has 1 aromatic carbocycles. The highest BCUT2D eigenvalue weighted by Gasteiger charge is 2.20. The molecule has 0 radical (unpaired) electrons. The van der Waals surface area contributed by atoms with Crippen LogP contribution in [0.2, 0.25) is 0 Å². The van der Waals surface area contributed by atoms with Gasteiger partial charge < -0.3 is 4.74 Å². The summed E-state index contributed by atoms with van der Waals surface area (Å²) >= 11 is 0.950. The molecule has 1 rings (SSSR count). The predicted molar refractivity (Wildman–Crippen MR) is 63.8 cm³/mol. The summed E-state index contributed by atoms with van der Waals surface area (Å²) in [6, 6.07) is 9.61. The van der Waals surface area contributed by atoms with E-state index in [-0.39, 0.29) is 5.97 Å². The van der Waals surface area contributed by atoms with Gasteiger partial charge in [-0.05, 0) is 30.7 Å². The zero-order valence-corrected chi connectivity index (χ0v) is 9.87. The van der Waals surface area contributed by atoms with Crippen molar-refractivity contribution in [3.8, 4) is 5.40 Å². The first-order valence-electron chi connectivity index (χ1n) is 5.03. The fourth-order valence-corrected chi connectivity index (χ4v) is 1.87. The molecule has 0 N–H and O–H groups in total. The van der Waals surface area contributed by atoms with Crippen LogP contribution in [0.1, 0.15) is 12.5 Å². The lowest BCUT2D eigenvalue weighted by Gasteiger charge is -2.11. The molecule has 3 nitrogen and oxygen atoms in total. The standard InChI is InChI=1S/C12H13NO2S/c1-2-15-12(14)11(16-9-13)8-10-6-4-3-5-7-10/h3-7,11H,2,8H2,1H3. The third-order valence-electron chi connectivity index (χ3n) is 2.01. The quantitative estimate of drug-likeness (QED) is 0.580. The van der Waals surface area contributed by atoms with Gasteiger partial charge in [-0.3, -0.25) is 4.79 Å². The third-order valence-corrected chi connectivity index (χ3v) is 2.76. The predicted octanol–water partition coefficient (Wildman–Crippen LogP) is 2.38. The normalized spacial score (nSPS) is 11.5. The van der Waals surface area contributed by atoms with Crippen LogP contribution in [0.4, 0.5) is 0 Å². The highest BCUT2D eigenvalue weighted by Crippen LogP contribution is 2.16. The maximum Gasteiger partial charge on any atom is 0.320 e. The van der Waals surface area contributed by atoms with Gasteiger partial charge in [-0.1, -0.05) is 30.3 Å². The van der Waals surface area contributed by atoms with Gasteiger partial charge in [-0.2, -0.15) is 5.26 Å². The Hall–Kier alpha value is -1.47. The van der Waals surface area contributed by atoms with E-state index >= 15 is 0 Å². The fraction of sp³-hybridized carbons (Fsp3) is 0.333. The number of ether oxygens (including phenoxy) is 1. The summed E-state index contributed by atoms with van der Waals surface area (Å²) in [5, 5.41) is 10.1. The fourth-order valence-electron chi connectivity index (χ4n) is 1.30. The van der Waals surface area contributed by atoms with Crippen molar-refractivity contribution in [1.29, 1.82) is 5.26 Å². The van der Waals surface area contributed by atoms with Gasteiger partial charge in [-0.25, -0.2) is 0 Å². The van der Waals surface area contributed by atoms with Crippen molar-refractivity contribution in [2.75, 3.05) is 6.61 Å². The molecule has 0 saturated carbocycles. The molecule has 0 aliphatic carbocycles. The summed E-state index contributed by atoms with van der Waals surface area (Å²) in [5.41, 5.74) is 1.03. The van der Waals surface area contributed by atoms with Crippen LogP contribution in [0, 0.1) is 10.7 Å². The topological polar surface area (TPSA) is 50.1 Å². The van der Waals surface area contributed by atoms with Gasteiger partial charge in [0.05, 0.1) is 6.61 Å². The van der Waals surface area contributed by atoms with Crippen molar-refractivity contribution >= 4 is 17.7 Å². The second-order valence-electron chi connectivity index (χ2n) is 3.14. The molecular formula is C12H13NO2S. The van der Waals surface area contributed by atoms with Crippen molar-refractivity contribution < 1.29 is 9.53 Å². The SMILES string of the molecule is CCOC(=O)C(Cc1ccccc1)SC#N. The maximum absolute atomic E-state index is 11.5. The first kappa shape index (κ1) is 12.6. The summed E-state index contributed by atoms with van der Waals surface area (Å²) in [7, 11) is 0. The lowest BCUT2D eigenvalue weighted by atomic mass is 10.1. The summed E-state index contributed by atoms with van der Waals surface area (Å²) in [6.07, 6.45) is 0.526. The minimum atomic E-state index is -0.438. The summed E-state index contributed by atoms with van der Waals surface area (Å²) in [5.74, 6) is -0.321. The lowest BCUT2D eigenvalue weighted by Crippen LogP contribution is -2.22. The molecule has 1 aromatic rings. The van der Waals surface area contributed by atoms with Crippen LogP contribution in [-0.2, 0) is 16.0 Å². The molecule has 4 heteroatoms. The highest BCUT2D eigenvalue weighted by atomic mass is 32.2. The molecular weight excluding hydrogens is 222 g/mol. The number of carbonyl (C=O) groups is 1. The second kappa shape index (κ2) is 6.91. The van der Waals surface area contributed by atoms with Crippen LogP contribution < -0.4 is 0 Å². The van der Waals surface area contributed by atoms with E-state index in [2.05, 4.69) is 0 Å². The smallest absolute Gasteiger partial charge is 0.320 e. The Bertz CT molecular complexity index is 372. The van der Waals surface area contributed by atoms with Gasteiger partial charge >= 0.3 is 5.97 Å². The van der Waals surface area contributed by atoms with E-state index in [1.54, 1.807) is 6.92 Å². The van der Waals surface area contributed by atoms with E-state index in [9.17, 15) is 4.79 Å². The van der Waals surface area contributed by atoms with E-state index < -0.39 is 5.25 Å². The van der Waals surface area contributed by atoms with Crippen molar-refractivity contribution in [3.63, 3.8) is 0 Å². The minimum Gasteiger partial charge on any atom is -0.465 e. The van der Waals surface area contributed by atoms with E-state index in [4.69, 9.17) is 10.00 Å². The number of carbonyl (C=O) groups excluding carboxylic acids is 1. The molecule has 0 heterocycles. The molecule has 1 unspecified atom stereocenters. The van der Waals surface area contributed by atoms with Gasteiger partial charge in [0, 0.05) is 0 Å². The van der Waals surface area contributed by atoms with E-state index in [0.29, 0.717) is 13.0 Å². The van der Waals surface area contributed by atoms with Crippen LogP contribution >= 0.6 is 11.8 Å². The molecule has 0 bridgehead atoms. The average Bonchev–Trinajstić information content (AvgIpc) is 2.30. The van der Waals surface area contributed by atoms with E-state index in [1.165, 1.54) is 0 Å². The Morgan fingerprint density at radius 1 is 1.50 bits per heavy atom. The Kier molecular flexibility index (Phi) is 5.44. The number of thioether (sulfide) groups is 1. The van der Waals surface area contributed by atoms with Crippen LogP contribution in [-0.4, -0.2) is 17.8 Å². The number of rotatable bonds is 5. The first-order valence-corrected chi connectivity index (χ1v) is 5.91. The molecule has 0 aliphatic heterocycles. The summed E-state index contributed by atoms with van der Waals surface area (Å²) in [4.78, 5) is 11.5. The summed E-state index contributed by atoms with van der Waals surface area (Å²) in [6.45, 7) is 2.10. The molecule has 0 amide bonds. The Morgan fingerprint density at radius 3 is 2.75 bits per heavy atom. The molecule has 84 valence electrons. The number of thiocyanates is 1. The molecule has 0 fully saturated rings. The van der Waals surface area contributed by atoms with E-state index in [0.717, 1.165) is 17.3 Å². The lowest BCUT2D eigenvalue weighted by molar-refractivity contribution is -0.142. The van der Waals surface area contributed by atoms with Gasteiger partial charge in [-0.15, -0.1) is 0 Å². The first-order chi connectivity index (χ1) is 7.77. The number of hydrogen-bond donors (Lipinski definition) is 0. The monoisotopic (exact) mass is 235 g/mol. The number of nitriles is 1. The van der Waals surface area contributed by atoms with Crippen molar-refractivity contribution in [3.05, 3.63) is 35.9 Å². The van der Waals surface area contributed by atoms with Crippen LogP contribution in [0.5, 0.6) is 0 Å². The Labute approximate surface area is 99.4 Å². The van der Waals surface area contributed by atoms with Crippen molar-refractivity contribution in [2.45, 2.75) is 18.6 Å². The van der Waals surface area contributed by atoms with Gasteiger partial charge in [0.1, 0.15) is 10.7 Å². The molecule has 0 spiro atoms. The van der Waals surface area contributed by atoms with Crippen LogP contribution in [0.3, 0.4) is 0 Å². The Balaban J connectivity index is 2.65. The van der Waals surface area contributed by atoms with Crippen LogP contribution in [0.25, 0.3) is 0 Å². The second-order valence-corrected chi connectivity index (χ2v) is 4.13.